The Balaban J connectivity index is 2.04. The molecule has 0 saturated carbocycles. The number of hydrogen-bond donors (Lipinski definition) is 4. The van der Waals surface area contributed by atoms with Gasteiger partial charge in [0.1, 0.15) is 0 Å². The van der Waals surface area contributed by atoms with Crippen molar-refractivity contribution < 1.29 is 10.2 Å². The van der Waals surface area contributed by atoms with E-state index < -0.39 is 0 Å². The Hall–Kier alpha value is -1.30. The Morgan fingerprint density at radius 3 is 2.61 bits per heavy atom. The van der Waals surface area contributed by atoms with Crippen molar-refractivity contribution in [1.29, 1.82) is 0 Å². The number of benzene rings is 1. The molecule has 5 nitrogen and oxygen atoms in total. The number of anilines is 2. The van der Waals surface area contributed by atoms with Crippen LogP contribution in [0.1, 0.15) is 6.42 Å². The van der Waals surface area contributed by atoms with Gasteiger partial charge in [0.05, 0.1) is 19.3 Å². The summed E-state index contributed by atoms with van der Waals surface area (Å²) in [6, 6.07) is 8.15. The van der Waals surface area contributed by atoms with Gasteiger partial charge in [0, 0.05) is 30.5 Å². The maximum atomic E-state index is 9.45. The molecule has 0 aliphatic carbocycles. The summed E-state index contributed by atoms with van der Waals surface area (Å²) in [6.45, 7) is 1.72. The summed E-state index contributed by atoms with van der Waals surface area (Å²) in [5, 5.41) is 21.6. The molecule has 1 saturated heterocycles. The Morgan fingerprint density at radius 2 is 2.00 bits per heavy atom. The lowest BCUT2D eigenvalue weighted by atomic mass is 10.2. The van der Waals surface area contributed by atoms with Gasteiger partial charge in [0.2, 0.25) is 0 Å². The lowest BCUT2D eigenvalue weighted by Gasteiger charge is -2.25. The minimum atomic E-state index is 0.129. The third kappa shape index (κ3) is 2.93. The van der Waals surface area contributed by atoms with Crippen LogP contribution >= 0.6 is 0 Å². The average molecular weight is 251 g/mol. The Kier molecular flexibility index (Phi) is 4.41. The molecule has 0 radical (unpaired) electrons. The zero-order chi connectivity index (χ0) is 13.0. The van der Waals surface area contributed by atoms with Crippen molar-refractivity contribution in [3.63, 3.8) is 0 Å². The van der Waals surface area contributed by atoms with Crippen LogP contribution in [0.3, 0.4) is 0 Å². The second-order valence-electron chi connectivity index (χ2n) is 4.69. The minimum Gasteiger partial charge on any atom is -0.399 e. The van der Waals surface area contributed by atoms with Crippen LogP contribution in [0, 0.1) is 0 Å². The molecule has 1 heterocycles. The first kappa shape index (κ1) is 13.1. The van der Waals surface area contributed by atoms with Gasteiger partial charge in [-0.3, -0.25) is 0 Å². The topological polar surface area (TPSA) is 81.8 Å². The van der Waals surface area contributed by atoms with Crippen molar-refractivity contribution in [3.05, 3.63) is 24.3 Å². The van der Waals surface area contributed by atoms with Gasteiger partial charge in [0.15, 0.2) is 0 Å². The zero-order valence-corrected chi connectivity index (χ0v) is 10.4. The number of rotatable bonds is 5. The molecule has 1 aromatic rings. The predicted molar refractivity (Wildman–Crippen MR) is 72.6 cm³/mol. The normalized spacial score (nSPS) is 23.6. The molecule has 18 heavy (non-hydrogen) atoms. The van der Waals surface area contributed by atoms with E-state index in [9.17, 15) is 5.11 Å². The first-order chi connectivity index (χ1) is 8.74. The van der Waals surface area contributed by atoms with Crippen LogP contribution in [0.2, 0.25) is 0 Å². The van der Waals surface area contributed by atoms with Gasteiger partial charge >= 0.3 is 0 Å². The van der Waals surface area contributed by atoms with Crippen molar-refractivity contribution >= 4 is 11.4 Å². The molecule has 5 heteroatoms. The molecule has 1 aliphatic rings. The fraction of sp³-hybridized carbons (Fsp3) is 0.538. The Labute approximate surface area is 107 Å². The van der Waals surface area contributed by atoms with Crippen LogP contribution in [0.5, 0.6) is 0 Å². The third-order valence-electron chi connectivity index (χ3n) is 3.39. The van der Waals surface area contributed by atoms with Gasteiger partial charge in [0.25, 0.3) is 0 Å². The first-order valence-electron chi connectivity index (χ1n) is 6.32. The van der Waals surface area contributed by atoms with E-state index in [2.05, 4.69) is 10.2 Å². The van der Waals surface area contributed by atoms with E-state index in [1.165, 1.54) is 0 Å². The fourth-order valence-electron chi connectivity index (χ4n) is 2.49. The van der Waals surface area contributed by atoms with Gasteiger partial charge in [-0.2, -0.15) is 0 Å². The Bertz CT molecular complexity index is 369. The molecule has 2 unspecified atom stereocenters. The number of nitrogens with one attached hydrogen (secondary N) is 1. The molecule has 100 valence electrons. The summed E-state index contributed by atoms with van der Waals surface area (Å²) in [7, 11) is 0. The maximum absolute atomic E-state index is 9.45. The second kappa shape index (κ2) is 6.04. The van der Waals surface area contributed by atoms with Crippen molar-refractivity contribution in [1.82, 2.24) is 5.32 Å². The number of nitrogens with zero attached hydrogens (tertiary/aromatic N) is 1. The van der Waals surface area contributed by atoms with E-state index in [4.69, 9.17) is 10.8 Å². The lowest BCUT2D eigenvalue weighted by Crippen LogP contribution is -2.35. The SMILES string of the molecule is Nc1ccc(N2CC(NCCO)CC2CO)cc1. The van der Waals surface area contributed by atoms with Crippen LogP contribution in [-0.4, -0.2) is 48.6 Å². The van der Waals surface area contributed by atoms with E-state index in [-0.39, 0.29) is 19.3 Å². The molecule has 0 aromatic heterocycles. The molecule has 0 amide bonds. The van der Waals surface area contributed by atoms with Gasteiger partial charge in [-0.05, 0) is 30.7 Å². The Morgan fingerprint density at radius 1 is 1.28 bits per heavy atom. The minimum absolute atomic E-state index is 0.129. The summed E-state index contributed by atoms with van der Waals surface area (Å²) < 4.78 is 0. The molecule has 5 N–H and O–H groups in total. The predicted octanol–water partition coefficient (Wildman–Crippen LogP) is -0.210. The van der Waals surface area contributed by atoms with Crippen LogP contribution in [-0.2, 0) is 0 Å². The van der Waals surface area contributed by atoms with Crippen LogP contribution in [0.4, 0.5) is 11.4 Å². The molecule has 1 aliphatic heterocycles. The van der Waals surface area contributed by atoms with E-state index >= 15 is 0 Å². The number of nitrogens with two attached hydrogens (primary N) is 1. The lowest BCUT2D eigenvalue weighted by molar-refractivity contribution is 0.261. The van der Waals surface area contributed by atoms with Crippen molar-refractivity contribution in [2.45, 2.75) is 18.5 Å². The van der Waals surface area contributed by atoms with Crippen LogP contribution in [0.15, 0.2) is 24.3 Å². The van der Waals surface area contributed by atoms with Gasteiger partial charge in [-0.15, -0.1) is 0 Å². The third-order valence-corrected chi connectivity index (χ3v) is 3.39. The highest BCUT2D eigenvalue weighted by Crippen LogP contribution is 2.26. The number of aliphatic hydroxyl groups is 2. The molecular weight excluding hydrogens is 230 g/mol. The van der Waals surface area contributed by atoms with Gasteiger partial charge in [-0.1, -0.05) is 0 Å². The van der Waals surface area contributed by atoms with Gasteiger partial charge < -0.3 is 26.2 Å². The molecule has 2 atom stereocenters. The quantitative estimate of drug-likeness (QED) is 0.544. The molecule has 0 bridgehead atoms. The van der Waals surface area contributed by atoms with Crippen molar-refractivity contribution in [2.24, 2.45) is 0 Å². The number of aliphatic hydroxyl groups excluding tert-OH is 2. The van der Waals surface area contributed by atoms with Gasteiger partial charge in [-0.25, -0.2) is 0 Å². The largest absolute Gasteiger partial charge is 0.399 e. The molecule has 2 rings (SSSR count). The second-order valence-corrected chi connectivity index (χ2v) is 4.69. The number of hydrogen-bond acceptors (Lipinski definition) is 5. The summed E-state index contributed by atoms with van der Waals surface area (Å²) >= 11 is 0. The molecule has 1 fully saturated rings. The van der Waals surface area contributed by atoms with Crippen LogP contribution in [0.25, 0.3) is 0 Å². The molecule has 1 aromatic carbocycles. The standard InChI is InChI=1S/C13H21N3O2/c14-10-1-3-12(4-2-10)16-8-11(15-5-6-17)7-13(16)9-18/h1-4,11,13,15,17-18H,5-9,14H2. The summed E-state index contributed by atoms with van der Waals surface area (Å²) in [5.41, 5.74) is 7.50. The highest BCUT2D eigenvalue weighted by atomic mass is 16.3. The first-order valence-corrected chi connectivity index (χ1v) is 6.32. The fourth-order valence-corrected chi connectivity index (χ4v) is 2.49. The van der Waals surface area contributed by atoms with E-state index in [1.54, 1.807) is 0 Å². The van der Waals surface area contributed by atoms with Crippen molar-refractivity contribution in [3.8, 4) is 0 Å². The summed E-state index contributed by atoms with van der Waals surface area (Å²) in [6.07, 6.45) is 0.890. The molecule has 0 spiro atoms. The molecular formula is C13H21N3O2. The maximum Gasteiger partial charge on any atom is 0.0635 e. The van der Waals surface area contributed by atoms with Crippen LogP contribution < -0.4 is 16.0 Å². The monoisotopic (exact) mass is 251 g/mol. The van der Waals surface area contributed by atoms with E-state index in [1.807, 2.05) is 24.3 Å². The number of nitrogen functional groups attached to an aromatic ring is 1. The van der Waals surface area contributed by atoms with E-state index in [0.717, 1.165) is 24.3 Å². The summed E-state index contributed by atoms with van der Waals surface area (Å²) in [4.78, 5) is 2.19. The zero-order valence-electron chi connectivity index (χ0n) is 10.4. The smallest absolute Gasteiger partial charge is 0.0635 e. The van der Waals surface area contributed by atoms with E-state index in [0.29, 0.717) is 12.6 Å². The summed E-state index contributed by atoms with van der Waals surface area (Å²) in [5.74, 6) is 0. The van der Waals surface area contributed by atoms with Crippen molar-refractivity contribution in [2.75, 3.05) is 36.9 Å². The highest BCUT2D eigenvalue weighted by molar-refractivity contribution is 5.54. The average Bonchev–Trinajstić information content (AvgIpc) is 2.80. The highest BCUT2D eigenvalue weighted by Gasteiger charge is 2.31.